The number of nitrogens with zero attached hydrogens (tertiary/aromatic N) is 2. The molecule has 4 aliphatic heterocycles. The number of alkyl halides is 4. The minimum Gasteiger partial charge on any atom is -0.350 e. The molecule has 3 aromatic rings. The molecule has 5 aliphatic rings. The van der Waals surface area contributed by atoms with Gasteiger partial charge in [0.15, 0.2) is 23.3 Å². The monoisotopic (exact) mass is 684 g/mol. The Hall–Kier alpha value is -5.16. The van der Waals surface area contributed by atoms with Gasteiger partial charge in [0.25, 0.3) is 23.6 Å². The van der Waals surface area contributed by atoms with E-state index in [1.54, 1.807) is 0 Å². The van der Waals surface area contributed by atoms with Crippen molar-refractivity contribution < 1.29 is 54.3 Å². The fraction of sp³-hybridized carbons (Fsp3) is 0.333. The van der Waals surface area contributed by atoms with Gasteiger partial charge in [-0.1, -0.05) is 12.1 Å². The highest BCUT2D eigenvalue weighted by Gasteiger charge is 2.52. The van der Waals surface area contributed by atoms with Crippen LogP contribution in [0.15, 0.2) is 36.4 Å². The lowest BCUT2D eigenvalue weighted by atomic mass is 9.76. The number of amides is 4. The number of pyridine rings is 2. The van der Waals surface area contributed by atoms with E-state index in [1.807, 2.05) is 10.6 Å². The normalized spacial score (nSPS) is 25.6. The summed E-state index contributed by atoms with van der Waals surface area (Å²) >= 11 is 0. The topological polar surface area (TPSA) is 142 Å². The van der Waals surface area contributed by atoms with Crippen LogP contribution in [0.1, 0.15) is 53.1 Å². The predicted molar refractivity (Wildman–Crippen MR) is 148 cm³/mol. The van der Waals surface area contributed by atoms with Crippen LogP contribution in [-0.2, 0) is 13.1 Å². The molecule has 8 bridgehead atoms. The molecule has 2 unspecified atom stereocenters. The fourth-order valence-electron chi connectivity index (χ4n) is 5.28. The Morgan fingerprint density at radius 1 is 0.479 bits per heavy atom. The molecule has 48 heavy (non-hydrogen) atoms. The first-order valence-corrected chi connectivity index (χ1v) is 14.3. The number of hydrogen-bond donors (Lipinski definition) is 4. The first-order valence-electron chi connectivity index (χ1n) is 14.3. The number of aromatic nitrogens is 2. The van der Waals surface area contributed by atoms with Crippen LogP contribution in [0.4, 0.5) is 35.1 Å². The highest BCUT2D eigenvalue weighted by molar-refractivity contribution is 5.97. The SMILES string of the molecule is O=C1NCc2c(F)c(F)c(c(F)c2F)CNC(=O)c2cccc(n2)C(=O)NCC2[C@@H](F)[C@@H](F)C(CNC(=O)c3cccc1n3)[C@@H](F)[C@H]2F. The van der Waals surface area contributed by atoms with Crippen molar-refractivity contribution in [2.45, 2.75) is 37.8 Å². The molecule has 2 aromatic heterocycles. The Morgan fingerprint density at radius 2 is 0.750 bits per heavy atom. The zero-order valence-corrected chi connectivity index (χ0v) is 24.3. The predicted octanol–water partition coefficient (Wildman–Crippen LogP) is 2.96. The van der Waals surface area contributed by atoms with Gasteiger partial charge in [-0.15, -0.1) is 0 Å². The Morgan fingerprint density at radius 3 is 1.04 bits per heavy atom. The molecule has 6 heterocycles. The van der Waals surface area contributed by atoms with Crippen molar-refractivity contribution in [2.24, 2.45) is 11.8 Å². The molecule has 4 N–H and O–H groups in total. The van der Waals surface area contributed by atoms with Crippen molar-refractivity contribution in [3.63, 3.8) is 0 Å². The summed E-state index contributed by atoms with van der Waals surface area (Å²) < 4.78 is 119. The lowest BCUT2D eigenvalue weighted by molar-refractivity contribution is -0.0752. The summed E-state index contributed by atoms with van der Waals surface area (Å²) in [5.74, 6) is -16.0. The van der Waals surface area contributed by atoms with Crippen molar-refractivity contribution in [1.82, 2.24) is 31.2 Å². The molecular weight excluding hydrogens is 660 g/mol. The molecule has 0 spiro atoms. The molecule has 1 aliphatic carbocycles. The smallest absolute Gasteiger partial charge is 0.270 e. The quantitative estimate of drug-likeness (QED) is 0.212. The van der Waals surface area contributed by atoms with Gasteiger partial charge >= 0.3 is 0 Å². The van der Waals surface area contributed by atoms with Crippen molar-refractivity contribution in [1.29, 1.82) is 0 Å². The standard InChI is InChI=1S/C30H24F8N6O4/c31-19-11-7-39-27(45)15-3-1-4-16(43-15)28(46)40-8-12-21(33)25(37)14(26(38)22(12)34)10-42-30(48)18-6-2-5-17(44-18)29(47)41-9-13(23(19)35)24(36)20(11)32/h1-6,11,13,19-20,23-24H,7-10H2,(H,39,45)(H,40,46)(H,41,47)(H,42,48)/t11?,13?,19-,20+,23+,24-. The van der Waals surface area contributed by atoms with Crippen LogP contribution in [0.2, 0.25) is 0 Å². The number of nitrogens with one attached hydrogen (secondary N) is 4. The van der Waals surface area contributed by atoms with Crippen molar-refractivity contribution in [3.05, 3.63) is 93.6 Å². The molecule has 18 heteroatoms. The minimum absolute atomic E-state index is 0.501. The van der Waals surface area contributed by atoms with Gasteiger partial charge < -0.3 is 21.3 Å². The van der Waals surface area contributed by atoms with Gasteiger partial charge in [0.05, 0.1) is 0 Å². The highest BCUT2D eigenvalue weighted by Crippen LogP contribution is 2.37. The third-order valence-electron chi connectivity index (χ3n) is 7.97. The summed E-state index contributed by atoms with van der Waals surface area (Å²) in [6, 6.07) is 6.55. The molecule has 6 atom stereocenters. The summed E-state index contributed by atoms with van der Waals surface area (Å²) in [5, 5.41) is 8.18. The van der Waals surface area contributed by atoms with E-state index in [9.17, 15) is 36.7 Å². The minimum atomic E-state index is -2.62. The van der Waals surface area contributed by atoms with E-state index in [4.69, 9.17) is 0 Å². The van der Waals surface area contributed by atoms with Crippen molar-refractivity contribution >= 4 is 23.6 Å². The van der Waals surface area contributed by atoms with Crippen LogP contribution >= 0.6 is 0 Å². The molecular formula is C30H24F8N6O4. The lowest BCUT2D eigenvalue weighted by Gasteiger charge is -2.39. The largest absolute Gasteiger partial charge is 0.350 e. The zero-order valence-electron chi connectivity index (χ0n) is 24.3. The molecule has 8 rings (SSSR count). The third kappa shape index (κ3) is 6.64. The van der Waals surface area contributed by atoms with E-state index < -0.39 is 144 Å². The van der Waals surface area contributed by atoms with E-state index in [0.717, 1.165) is 36.4 Å². The molecule has 0 saturated heterocycles. The Bertz CT molecular complexity index is 1610. The van der Waals surface area contributed by atoms with Crippen LogP contribution < -0.4 is 21.3 Å². The second kappa shape index (κ2) is 13.9. The summed E-state index contributed by atoms with van der Waals surface area (Å²) in [7, 11) is 0. The van der Waals surface area contributed by atoms with Gasteiger partial charge in [0.1, 0.15) is 47.5 Å². The highest BCUT2D eigenvalue weighted by atomic mass is 19.2. The number of rotatable bonds is 0. The van der Waals surface area contributed by atoms with Gasteiger partial charge in [-0.3, -0.25) is 19.2 Å². The average Bonchev–Trinajstić information content (AvgIpc) is 3.09. The van der Waals surface area contributed by atoms with Gasteiger partial charge in [0.2, 0.25) is 0 Å². The van der Waals surface area contributed by atoms with Crippen molar-refractivity contribution in [3.8, 4) is 0 Å². The first-order chi connectivity index (χ1) is 22.8. The molecule has 10 nitrogen and oxygen atoms in total. The third-order valence-corrected chi connectivity index (χ3v) is 7.97. The van der Waals surface area contributed by atoms with Gasteiger partial charge in [-0.2, -0.15) is 0 Å². The first kappa shape index (κ1) is 34.2. The number of hydrogen-bond acceptors (Lipinski definition) is 6. The van der Waals surface area contributed by atoms with Gasteiger partial charge in [0, 0.05) is 49.1 Å². The second-order valence-electron chi connectivity index (χ2n) is 10.9. The molecule has 254 valence electrons. The van der Waals surface area contributed by atoms with E-state index in [0.29, 0.717) is 0 Å². The van der Waals surface area contributed by atoms with E-state index >= 15 is 17.6 Å². The van der Waals surface area contributed by atoms with E-state index in [2.05, 4.69) is 20.6 Å². The molecule has 4 amide bonds. The average molecular weight is 685 g/mol. The van der Waals surface area contributed by atoms with Gasteiger partial charge in [-0.05, 0) is 24.3 Å². The number of halogens is 8. The van der Waals surface area contributed by atoms with Crippen LogP contribution in [0, 0.1) is 35.1 Å². The van der Waals surface area contributed by atoms with Crippen LogP contribution in [-0.4, -0.2) is 71.4 Å². The van der Waals surface area contributed by atoms with Crippen molar-refractivity contribution in [2.75, 3.05) is 13.1 Å². The fourth-order valence-corrected chi connectivity index (χ4v) is 5.28. The summed E-state index contributed by atoms with van der Waals surface area (Å²) in [6.45, 7) is -3.99. The van der Waals surface area contributed by atoms with E-state index in [-0.39, 0.29) is 0 Å². The molecule has 0 radical (unpaired) electrons. The van der Waals surface area contributed by atoms with Gasteiger partial charge in [-0.25, -0.2) is 45.1 Å². The second-order valence-corrected chi connectivity index (χ2v) is 10.9. The molecule has 1 aromatic carbocycles. The number of benzene rings is 1. The maximum atomic E-state index is 15.0. The Labute approximate surface area is 265 Å². The summed E-state index contributed by atoms with van der Waals surface area (Å²) in [4.78, 5) is 58.1. The molecule has 1 fully saturated rings. The zero-order chi connectivity index (χ0) is 34.9. The summed E-state index contributed by atoms with van der Waals surface area (Å²) in [6.07, 6.45) is -10.5. The Kier molecular flexibility index (Phi) is 9.90. The van der Waals surface area contributed by atoms with E-state index in [1.165, 1.54) is 0 Å². The van der Waals surface area contributed by atoms with Crippen LogP contribution in [0.3, 0.4) is 0 Å². The number of carbonyl (C=O) groups is 4. The van der Waals surface area contributed by atoms with Crippen LogP contribution in [0.25, 0.3) is 0 Å². The summed E-state index contributed by atoms with van der Waals surface area (Å²) in [5.41, 5.74) is -4.50. The maximum absolute atomic E-state index is 15.0. The maximum Gasteiger partial charge on any atom is 0.270 e. The van der Waals surface area contributed by atoms with Crippen LogP contribution in [0.5, 0.6) is 0 Å². The molecule has 1 saturated carbocycles. The Balaban J connectivity index is 1.47. The number of carbonyl (C=O) groups excluding carboxylic acids is 4. The lowest BCUT2D eigenvalue weighted by Crippen LogP contribution is -2.57.